The molecule has 0 saturated heterocycles. The molecule has 0 radical (unpaired) electrons. The number of ether oxygens (including phenoxy) is 1. The maximum atomic E-state index is 12.1. The van der Waals surface area contributed by atoms with Gasteiger partial charge in [-0.05, 0) is 7.05 Å². The van der Waals surface area contributed by atoms with E-state index in [1.165, 1.54) is 12.0 Å². The summed E-state index contributed by atoms with van der Waals surface area (Å²) in [7, 11) is 2.80. The van der Waals surface area contributed by atoms with Crippen molar-refractivity contribution in [2.24, 2.45) is 0 Å². The van der Waals surface area contributed by atoms with Crippen molar-refractivity contribution < 1.29 is 22.7 Å². The molecule has 0 aromatic rings. The molecule has 7 heteroatoms. The lowest BCUT2D eigenvalue weighted by atomic mass is 10.2. The van der Waals surface area contributed by atoms with Crippen LogP contribution in [0.3, 0.4) is 0 Å². The molecule has 0 aliphatic rings. The number of rotatable bonds is 7. The fraction of sp³-hybridized carbons (Fsp3) is 0.909. The van der Waals surface area contributed by atoms with Crippen molar-refractivity contribution in [3.8, 4) is 0 Å². The van der Waals surface area contributed by atoms with Gasteiger partial charge < -0.3 is 15.0 Å². The lowest BCUT2D eigenvalue weighted by Crippen LogP contribution is -2.48. The molecule has 0 aliphatic carbocycles. The van der Waals surface area contributed by atoms with Gasteiger partial charge in [0.1, 0.15) is 6.04 Å². The van der Waals surface area contributed by atoms with Crippen LogP contribution in [0.25, 0.3) is 0 Å². The van der Waals surface area contributed by atoms with Crippen LogP contribution in [0.1, 0.15) is 20.3 Å². The lowest BCUT2D eigenvalue weighted by molar-refractivity contribution is -0.144. The fourth-order valence-corrected chi connectivity index (χ4v) is 1.46. The van der Waals surface area contributed by atoms with E-state index in [4.69, 9.17) is 0 Å². The number of hydrogen-bond acceptors (Lipinski definition) is 4. The average Bonchev–Trinajstić information content (AvgIpc) is 2.22. The molecule has 0 rings (SSSR count). The van der Waals surface area contributed by atoms with E-state index in [1.54, 1.807) is 7.05 Å². The Hall–Kier alpha value is -0.820. The minimum absolute atomic E-state index is 0.0464. The maximum absolute atomic E-state index is 12.1. The van der Waals surface area contributed by atoms with Crippen LogP contribution in [0, 0.1) is 0 Å². The second-order valence-electron chi connectivity index (χ2n) is 4.52. The number of hydrogen-bond donors (Lipinski definition) is 1. The zero-order valence-corrected chi connectivity index (χ0v) is 11.2. The molecule has 0 aromatic carbocycles. The third-order valence-corrected chi connectivity index (χ3v) is 2.29. The molecule has 18 heavy (non-hydrogen) atoms. The zero-order valence-electron chi connectivity index (χ0n) is 11.2. The molecule has 0 heterocycles. The molecular weight excluding hydrogens is 249 g/mol. The van der Waals surface area contributed by atoms with Crippen molar-refractivity contribution in [3.05, 3.63) is 0 Å². The van der Waals surface area contributed by atoms with E-state index < -0.39 is 24.6 Å². The minimum atomic E-state index is -4.18. The number of nitrogens with one attached hydrogen (secondary N) is 1. The number of halogens is 3. The van der Waals surface area contributed by atoms with Crippen LogP contribution < -0.4 is 5.32 Å². The Morgan fingerprint density at radius 1 is 1.39 bits per heavy atom. The first-order valence-corrected chi connectivity index (χ1v) is 5.75. The molecule has 0 amide bonds. The highest BCUT2D eigenvalue weighted by Crippen LogP contribution is 2.19. The van der Waals surface area contributed by atoms with E-state index in [0.717, 1.165) is 0 Å². The van der Waals surface area contributed by atoms with Gasteiger partial charge in [-0.15, -0.1) is 0 Å². The molecule has 0 fully saturated rings. The van der Waals surface area contributed by atoms with Gasteiger partial charge in [-0.1, -0.05) is 13.8 Å². The molecule has 1 N–H and O–H groups in total. The first-order chi connectivity index (χ1) is 8.15. The Balaban J connectivity index is 4.26. The second kappa shape index (κ2) is 7.58. The summed E-state index contributed by atoms with van der Waals surface area (Å²) in [5.41, 5.74) is 0. The van der Waals surface area contributed by atoms with Crippen molar-refractivity contribution >= 4 is 5.97 Å². The summed E-state index contributed by atoms with van der Waals surface area (Å²) < 4.78 is 40.8. The third kappa shape index (κ3) is 8.30. The van der Waals surface area contributed by atoms with Crippen molar-refractivity contribution in [3.63, 3.8) is 0 Å². The summed E-state index contributed by atoms with van der Waals surface area (Å²) in [6.45, 7) is 3.75. The van der Waals surface area contributed by atoms with Gasteiger partial charge in [0.15, 0.2) is 0 Å². The van der Waals surface area contributed by atoms with Crippen molar-refractivity contribution in [2.45, 2.75) is 38.5 Å². The van der Waals surface area contributed by atoms with Gasteiger partial charge >= 0.3 is 12.1 Å². The Labute approximate surface area is 105 Å². The first kappa shape index (κ1) is 17.2. The van der Waals surface area contributed by atoms with Crippen molar-refractivity contribution in [2.75, 3.05) is 27.2 Å². The monoisotopic (exact) mass is 270 g/mol. The summed E-state index contributed by atoms with van der Waals surface area (Å²) in [5, 5.41) is 2.96. The summed E-state index contributed by atoms with van der Waals surface area (Å²) in [6.07, 6.45) is -5.07. The minimum Gasteiger partial charge on any atom is -0.468 e. The number of esters is 1. The molecule has 4 nitrogen and oxygen atoms in total. The van der Waals surface area contributed by atoms with Crippen LogP contribution in [-0.4, -0.2) is 56.4 Å². The van der Waals surface area contributed by atoms with Crippen LogP contribution in [0.2, 0.25) is 0 Å². The Bertz CT molecular complexity index is 257. The number of likely N-dealkylation sites (N-methyl/N-ethyl adjacent to an activating group) is 1. The van der Waals surface area contributed by atoms with E-state index >= 15 is 0 Å². The largest absolute Gasteiger partial charge is 0.468 e. The van der Waals surface area contributed by atoms with Crippen molar-refractivity contribution in [1.29, 1.82) is 0 Å². The van der Waals surface area contributed by atoms with E-state index in [2.05, 4.69) is 10.1 Å². The predicted octanol–water partition coefficient (Wildman–Crippen LogP) is 1.41. The Morgan fingerprint density at radius 3 is 2.33 bits per heavy atom. The highest BCUT2D eigenvalue weighted by Gasteiger charge is 2.28. The molecule has 0 spiro atoms. The predicted molar refractivity (Wildman–Crippen MR) is 62.2 cm³/mol. The van der Waals surface area contributed by atoms with Crippen molar-refractivity contribution in [1.82, 2.24) is 10.2 Å². The summed E-state index contributed by atoms with van der Waals surface area (Å²) in [6, 6.07) is -0.571. The highest BCUT2D eigenvalue weighted by molar-refractivity contribution is 5.75. The lowest BCUT2D eigenvalue weighted by Gasteiger charge is -2.25. The standard InChI is InChI=1S/C11H21F3N2O2/c1-8(2)15-9(10(17)18-4)7-16(3)6-5-11(12,13)14/h8-9,15H,5-7H2,1-4H3. The van der Waals surface area contributed by atoms with Crippen LogP contribution in [0.4, 0.5) is 13.2 Å². The van der Waals surface area contributed by atoms with Gasteiger partial charge in [0.05, 0.1) is 13.5 Å². The average molecular weight is 270 g/mol. The third-order valence-electron chi connectivity index (χ3n) is 2.29. The Morgan fingerprint density at radius 2 is 1.94 bits per heavy atom. The van der Waals surface area contributed by atoms with E-state index in [1.807, 2.05) is 13.8 Å². The first-order valence-electron chi connectivity index (χ1n) is 5.75. The smallest absolute Gasteiger partial charge is 0.390 e. The summed E-state index contributed by atoms with van der Waals surface area (Å²) >= 11 is 0. The molecule has 108 valence electrons. The SMILES string of the molecule is COC(=O)C(CN(C)CCC(F)(F)F)NC(C)C. The quantitative estimate of drug-likeness (QED) is 0.710. The summed E-state index contributed by atoms with van der Waals surface area (Å²) in [5.74, 6) is -0.470. The number of carbonyl (C=O) groups excluding carboxylic acids is 1. The molecule has 0 bridgehead atoms. The normalized spacial score (nSPS) is 14.1. The van der Waals surface area contributed by atoms with Crippen LogP contribution >= 0.6 is 0 Å². The Kier molecular flexibility index (Phi) is 7.23. The van der Waals surface area contributed by atoms with E-state index in [9.17, 15) is 18.0 Å². The van der Waals surface area contributed by atoms with Gasteiger partial charge in [-0.2, -0.15) is 13.2 Å². The fourth-order valence-electron chi connectivity index (χ4n) is 1.46. The van der Waals surface area contributed by atoms with Gasteiger partial charge in [-0.25, -0.2) is 0 Å². The molecule has 0 aromatic heterocycles. The topological polar surface area (TPSA) is 41.6 Å². The van der Waals surface area contributed by atoms with Crippen LogP contribution in [0.5, 0.6) is 0 Å². The second-order valence-corrected chi connectivity index (χ2v) is 4.52. The van der Waals surface area contributed by atoms with Crippen LogP contribution in [-0.2, 0) is 9.53 Å². The number of nitrogens with zero attached hydrogens (tertiary/aromatic N) is 1. The van der Waals surface area contributed by atoms with Crippen LogP contribution in [0.15, 0.2) is 0 Å². The number of carbonyl (C=O) groups is 1. The molecule has 0 aliphatic heterocycles. The molecular formula is C11H21F3N2O2. The number of methoxy groups -OCH3 is 1. The van der Waals surface area contributed by atoms with E-state index in [-0.39, 0.29) is 19.1 Å². The van der Waals surface area contributed by atoms with Gasteiger partial charge in [0, 0.05) is 19.1 Å². The number of alkyl halides is 3. The van der Waals surface area contributed by atoms with Gasteiger partial charge in [0.2, 0.25) is 0 Å². The van der Waals surface area contributed by atoms with Gasteiger partial charge in [-0.3, -0.25) is 4.79 Å². The molecule has 1 atom stereocenters. The molecule has 1 unspecified atom stereocenters. The highest BCUT2D eigenvalue weighted by atomic mass is 19.4. The van der Waals surface area contributed by atoms with Gasteiger partial charge in [0.25, 0.3) is 0 Å². The zero-order chi connectivity index (χ0) is 14.3. The van der Waals surface area contributed by atoms with E-state index in [0.29, 0.717) is 0 Å². The maximum Gasteiger partial charge on any atom is 0.390 e. The molecule has 0 saturated carbocycles. The summed E-state index contributed by atoms with van der Waals surface area (Å²) in [4.78, 5) is 12.9.